The van der Waals surface area contributed by atoms with Crippen LogP contribution in [0.3, 0.4) is 0 Å². The van der Waals surface area contributed by atoms with Crippen LogP contribution in [0.25, 0.3) is 0 Å². The van der Waals surface area contributed by atoms with E-state index in [0.29, 0.717) is 0 Å². The van der Waals surface area contributed by atoms with Crippen LogP contribution < -0.4 is 18.8 Å². The zero-order valence-corrected chi connectivity index (χ0v) is 6.23. The molecule has 4 radical (unpaired) electrons. The van der Waals surface area contributed by atoms with Crippen LogP contribution in [0.4, 0.5) is 0 Å². The van der Waals surface area contributed by atoms with Gasteiger partial charge in [0, 0.05) is 17.6 Å². The van der Waals surface area contributed by atoms with Gasteiger partial charge < -0.3 is 18.8 Å². The molecule has 0 unspecified atom stereocenters. The third kappa shape index (κ3) is 77.1. The molecule has 0 saturated carbocycles. The molecule has 0 amide bonds. The minimum absolute atomic E-state index is 0. The van der Waals surface area contributed by atoms with Gasteiger partial charge in [-0.05, 0) is 0 Å². The van der Waals surface area contributed by atoms with E-state index in [-0.39, 0.29) is 59.5 Å². The molecule has 0 heterocycles. The van der Waals surface area contributed by atoms with Gasteiger partial charge in [-0.2, -0.15) is 0 Å². The van der Waals surface area contributed by atoms with Crippen molar-refractivity contribution in [2.24, 2.45) is 0 Å². The van der Waals surface area contributed by atoms with Crippen molar-refractivity contribution < 1.29 is 18.8 Å². The molecule has 0 atom stereocenters. The van der Waals surface area contributed by atoms with Crippen molar-refractivity contribution in [3.63, 3.8) is 0 Å². The van der Waals surface area contributed by atoms with Crippen LogP contribution in [0.15, 0.2) is 0 Å². The standard InChI is InChI=1S/4FH.Ge.Mg/h4*1H;;/q;;;;;+2/p-4. The largest absolute Gasteiger partial charge is 2.00 e. The third-order valence-corrected chi connectivity index (χ3v) is 0. The van der Waals surface area contributed by atoms with Crippen molar-refractivity contribution in [3.05, 3.63) is 0 Å². The van der Waals surface area contributed by atoms with E-state index in [0.717, 1.165) is 0 Å². The molecule has 0 fully saturated rings. The number of halogens is 4. The predicted octanol–water partition coefficient (Wildman–Crippen LogP) is -12.7. The van der Waals surface area contributed by atoms with E-state index >= 15 is 0 Å². The molecule has 0 bridgehead atoms. The molecular formula is F4GeMg-2. The Hall–Kier alpha value is 1.03. The fourth-order valence-corrected chi connectivity index (χ4v) is 0. The Labute approximate surface area is 59.7 Å². The molecule has 0 aromatic heterocycles. The van der Waals surface area contributed by atoms with E-state index in [1.165, 1.54) is 0 Å². The topological polar surface area (TPSA) is 0 Å². The molecule has 0 aliphatic rings. The first kappa shape index (κ1) is 241. The Morgan fingerprint density at radius 1 is 0.500 bits per heavy atom. The first-order chi connectivity index (χ1) is 0. The molecule has 0 aliphatic carbocycles. The minimum Gasteiger partial charge on any atom is -1.00 e. The molecule has 0 aliphatic heterocycles. The van der Waals surface area contributed by atoms with Crippen LogP contribution in [-0.4, -0.2) is 40.6 Å². The summed E-state index contributed by atoms with van der Waals surface area (Å²) in [7, 11) is 0. The van der Waals surface area contributed by atoms with Crippen molar-refractivity contribution in [2.45, 2.75) is 0 Å². The van der Waals surface area contributed by atoms with Gasteiger partial charge in [-0.1, -0.05) is 0 Å². The molecule has 0 aromatic rings. The van der Waals surface area contributed by atoms with Crippen molar-refractivity contribution in [1.82, 2.24) is 0 Å². The van der Waals surface area contributed by atoms with Crippen LogP contribution in [0.1, 0.15) is 0 Å². The van der Waals surface area contributed by atoms with Gasteiger partial charge in [-0.3, -0.25) is 0 Å². The summed E-state index contributed by atoms with van der Waals surface area (Å²) in [5, 5.41) is 0. The van der Waals surface area contributed by atoms with Crippen molar-refractivity contribution >= 4 is 40.6 Å². The Bertz CT molecular complexity index is 7.51. The maximum atomic E-state index is 0. The van der Waals surface area contributed by atoms with Crippen molar-refractivity contribution in [1.29, 1.82) is 0 Å². The van der Waals surface area contributed by atoms with Gasteiger partial charge >= 0.3 is 23.1 Å². The Balaban J connectivity index is 0. The van der Waals surface area contributed by atoms with Gasteiger partial charge in [0.15, 0.2) is 0 Å². The van der Waals surface area contributed by atoms with Crippen LogP contribution >= 0.6 is 0 Å². The smallest absolute Gasteiger partial charge is 1.00 e. The summed E-state index contributed by atoms with van der Waals surface area (Å²) < 4.78 is 0. The van der Waals surface area contributed by atoms with Gasteiger partial charge in [-0.15, -0.1) is 0 Å². The summed E-state index contributed by atoms with van der Waals surface area (Å²) in [6.07, 6.45) is 0. The van der Waals surface area contributed by atoms with Gasteiger partial charge in [0.05, 0.1) is 0 Å². The summed E-state index contributed by atoms with van der Waals surface area (Å²) in [5.74, 6) is 0. The monoisotopic (exact) mass is 174 g/mol. The molecule has 6 heteroatoms. The van der Waals surface area contributed by atoms with Gasteiger partial charge in [0.25, 0.3) is 0 Å². The van der Waals surface area contributed by atoms with E-state index < -0.39 is 0 Å². The van der Waals surface area contributed by atoms with E-state index in [1.54, 1.807) is 0 Å². The summed E-state index contributed by atoms with van der Waals surface area (Å²) in [4.78, 5) is 0. The average Bonchev–Trinajstić information content (AvgIpc) is 0. The second-order valence-corrected chi connectivity index (χ2v) is 0. The Morgan fingerprint density at radius 2 is 0.500 bits per heavy atom. The normalized spacial score (nSPS) is 0. The first-order valence-corrected chi connectivity index (χ1v) is 0. The van der Waals surface area contributed by atoms with E-state index in [1.807, 2.05) is 0 Å². The molecule has 0 rings (SSSR count). The second kappa shape index (κ2) is 144. The molecule has 36 valence electrons. The molecule has 0 spiro atoms. The van der Waals surface area contributed by atoms with Crippen LogP contribution in [-0.2, 0) is 0 Å². The van der Waals surface area contributed by atoms with E-state index in [2.05, 4.69) is 0 Å². The fraction of sp³-hybridized carbons (Fsp3) is 0. The van der Waals surface area contributed by atoms with Crippen LogP contribution in [0.5, 0.6) is 0 Å². The molecule has 6 heavy (non-hydrogen) atoms. The Morgan fingerprint density at radius 3 is 0.500 bits per heavy atom. The molecule has 0 saturated heterocycles. The first-order valence-electron chi connectivity index (χ1n) is 0. The van der Waals surface area contributed by atoms with Gasteiger partial charge in [-0.25, -0.2) is 0 Å². The summed E-state index contributed by atoms with van der Waals surface area (Å²) in [6.45, 7) is 0. The average molecular weight is 173 g/mol. The van der Waals surface area contributed by atoms with Gasteiger partial charge in [0.2, 0.25) is 0 Å². The van der Waals surface area contributed by atoms with Crippen LogP contribution in [0, 0.1) is 0 Å². The predicted molar refractivity (Wildman–Crippen MR) is 11.5 cm³/mol. The number of hydrogen-bond acceptors (Lipinski definition) is 0. The maximum absolute atomic E-state index is 0. The summed E-state index contributed by atoms with van der Waals surface area (Å²) >= 11 is 0. The SMILES string of the molecule is [F-].[F-].[F-].[F-].[Ge].[Mg+2]. The third-order valence-electron chi connectivity index (χ3n) is 0. The second-order valence-electron chi connectivity index (χ2n) is 0. The maximum Gasteiger partial charge on any atom is 2.00 e. The van der Waals surface area contributed by atoms with Crippen molar-refractivity contribution in [2.75, 3.05) is 0 Å². The minimum atomic E-state index is 0. The number of hydrogen-bond donors (Lipinski definition) is 0. The fourth-order valence-electron chi connectivity index (χ4n) is 0. The summed E-state index contributed by atoms with van der Waals surface area (Å²) in [6, 6.07) is 0. The van der Waals surface area contributed by atoms with Crippen molar-refractivity contribution in [3.8, 4) is 0 Å². The molecular weight excluding hydrogens is 173 g/mol. The van der Waals surface area contributed by atoms with Gasteiger partial charge in [0.1, 0.15) is 0 Å². The molecule has 0 aromatic carbocycles. The van der Waals surface area contributed by atoms with Crippen LogP contribution in [0.2, 0.25) is 0 Å². The molecule has 0 N–H and O–H groups in total. The quantitative estimate of drug-likeness (QED) is 0.252. The zero-order chi connectivity index (χ0) is 0. The van der Waals surface area contributed by atoms with E-state index in [9.17, 15) is 0 Å². The molecule has 0 nitrogen and oxygen atoms in total. The Kier molecular flexibility index (Phi) is 5790. The number of rotatable bonds is 0. The van der Waals surface area contributed by atoms with E-state index in [4.69, 9.17) is 0 Å². The zero-order valence-electron chi connectivity index (χ0n) is 2.72. The summed E-state index contributed by atoms with van der Waals surface area (Å²) in [5.41, 5.74) is 0.